The number of benzene rings is 2. The Hall–Kier alpha value is -3.32. The molecule has 31 heavy (non-hydrogen) atoms. The highest BCUT2D eigenvalue weighted by Crippen LogP contribution is 2.27. The quantitative estimate of drug-likeness (QED) is 0.499. The van der Waals surface area contributed by atoms with Gasteiger partial charge in [-0.15, -0.1) is 11.3 Å². The molecule has 156 valence electrons. The first kappa shape index (κ1) is 19.6. The molecule has 5 rings (SSSR count). The maximum absolute atomic E-state index is 13.0. The number of anilines is 2. The number of fused-ring (bicyclic) bond motifs is 1. The van der Waals surface area contributed by atoms with Crippen LogP contribution in [-0.4, -0.2) is 33.9 Å². The molecule has 6 nitrogen and oxygen atoms in total. The Balaban J connectivity index is 1.30. The van der Waals surface area contributed by atoms with Gasteiger partial charge in [0.25, 0.3) is 0 Å². The first-order valence-corrected chi connectivity index (χ1v) is 11.3. The molecule has 1 aliphatic heterocycles. The van der Waals surface area contributed by atoms with Gasteiger partial charge in [0.15, 0.2) is 0 Å². The van der Waals surface area contributed by atoms with Crippen molar-refractivity contribution in [3.05, 3.63) is 65.9 Å². The fraction of sp³-hybridized carbons (Fsp3) is 0.250. The third-order valence-electron chi connectivity index (χ3n) is 5.60. The van der Waals surface area contributed by atoms with Crippen molar-refractivity contribution in [3.8, 4) is 11.3 Å². The van der Waals surface area contributed by atoms with Crippen LogP contribution in [-0.2, 0) is 4.79 Å². The van der Waals surface area contributed by atoms with Crippen LogP contribution in [0.25, 0.3) is 21.5 Å². The third kappa shape index (κ3) is 4.27. The summed E-state index contributed by atoms with van der Waals surface area (Å²) in [6.07, 6.45) is 3.43. The Kier molecular flexibility index (Phi) is 5.34. The number of aryl methyl sites for hydroxylation is 1. The lowest BCUT2D eigenvalue weighted by molar-refractivity contribution is -0.120. The lowest BCUT2D eigenvalue weighted by Gasteiger charge is -2.33. The van der Waals surface area contributed by atoms with Crippen molar-refractivity contribution >= 4 is 39.0 Å². The van der Waals surface area contributed by atoms with E-state index in [2.05, 4.69) is 25.2 Å². The van der Waals surface area contributed by atoms with Crippen LogP contribution in [0.15, 0.2) is 60.9 Å². The number of carbonyl (C=O) groups is 1. The topological polar surface area (TPSA) is 71.0 Å². The zero-order valence-electron chi connectivity index (χ0n) is 17.3. The van der Waals surface area contributed by atoms with Crippen LogP contribution < -0.4 is 10.2 Å². The van der Waals surface area contributed by atoms with Gasteiger partial charge >= 0.3 is 0 Å². The van der Waals surface area contributed by atoms with Crippen LogP contribution in [0.1, 0.15) is 17.8 Å². The summed E-state index contributed by atoms with van der Waals surface area (Å²) in [6.45, 7) is 3.53. The highest BCUT2D eigenvalue weighted by atomic mass is 32.1. The fourth-order valence-corrected chi connectivity index (χ4v) is 4.86. The summed E-state index contributed by atoms with van der Waals surface area (Å²) in [7, 11) is 0. The Bertz CT molecular complexity index is 1220. The van der Waals surface area contributed by atoms with Crippen molar-refractivity contribution in [1.29, 1.82) is 0 Å². The molecule has 4 aromatic rings. The van der Waals surface area contributed by atoms with E-state index >= 15 is 0 Å². The lowest BCUT2D eigenvalue weighted by atomic mass is 9.97. The normalized spacial score (nSPS) is 16.4. The van der Waals surface area contributed by atoms with Gasteiger partial charge in [-0.05, 0) is 38.0 Å². The highest BCUT2D eigenvalue weighted by molar-refractivity contribution is 7.18. The first-order chi connectivity index (χ1) is 15.2. The average molecular weight is 430 g/mol. The van der Waals surface area contributed by atoms with Gasteiger partial charge in [0, 0.05) is 30.4 Å². The summed E-state index contributed by atoms with van der Waals surface area (Å²) in [5.74, 6) is 0.829. The van der Waals surface area contributed by atoms with Crippen LogP contribution >= 0.6 is 11.3 Å². The smallest absolute Gasteiger partial charge is 0.229 e. The van der Waals surface area contributed by atoms with Gasteiger partial charge in [-0.25, -0.2) is 15.0 Å². The van der Waals surface area contributed by atoms with Gasteiger partial charge in [-0.1, -0.05) is 30.3 Å². The number of thiazole rings is 1. The van der Waals surface area contributed by atoms with Gasteiger partial charge in [0.2, 0.25) is 5.91 Å². The Labute approximate surface area is 185 Å². The van der Waals surface area contributed by atoms with E-state index in [4.69, 9.17) is 0 Å². The van der Waals surface area contributed by atoms with Gasteiger partial charge in [-0.3, -0.25) is 4.79 Å². The van der Waals surface area contributed by atoms with Crippen molar-refractivity contribution in [1.82, 2.24) is 15.0 Å². The largest absolute Gasteiger partial charge is 0.356 e. The van der Waals surface area contributed by atoms with E-state index in [1.54, 1.807) is 17.7 Å². The minimum atomic E-state index is -0.0863. The Morgan fingerprint density at radius 3 is 2.87 bits per heavy atom. The molecule has 1 N–H and O–H groups in total. The number of hydrogen-bond acceptors (Lipinski definition) is 6. The second-order valence-corrected chi connectivity index (χ2v) is 9.05. The number of hydrogen-bond donors (Lipinski definition) is 1. The summed E-state index contributed by atoms with van der Waals surface area (Å²) < 4.78 is 1.14. The van der Waals surface area contributed by atoms with E-state index in [0.717, 1.165) is 57.4 Å². The molecular formula is C24H23N5OS. The van der Waals surface area contributed by atoms with Crippen LogP contribution in [0.2, 0.25) is 0 Å². The van der Waals surface area contributed by atoms with Crippen molar-refractivity contribution in [2.24, 2.45) is 5.92 Å². The summed E-state index contributed by atoms with van der Waals surface area (Å²) >= 11 is 1.66. The minimum absolute atomic E-state index is 0.0494. The van der Waals surface area contributed by atoms with E-state index in [1.165, 1.54) is 0 Å². The third-order valence-corrected chi connectivity index (χ3v) is 6.55. The molecule has 1 fully saturated rings. The second kappa shape index (κ2) is 8.43. The molecule has 1 atom stereocenters. The summed E-state index contributed by atoms with van der Waals surface area (Å²) in [4.78, 5) is 28.6. The van der Waals surface area contributed by atoms with Crippen molar-refractivity contribution < 1.29 is 4.79 Å². The van der Waals surface area contributed by atoms with Crippen LogP contribution in [0.3, 0.4) is 0 Å². The SMILES string of the molecule is Cc1nc2cc(NC(=O)C3CCCN(c4cc(-c5ccccc5)ncn4)C3)ccc2s1. The molecule has 2 aromatic heterocycles. The number of aromatic nitrogens is 3. The number of nitrogens with zero attached hydrogens (tertiary/aromatic N) is 4. The average Bonchev–Trinajstić information content (AvgIpc) is 3.19. The maximum atomic E-state index is 13.0. The predicted octanol–water partition coefficient (Wildman–Crippen LogP) is 4.92. The predicted molar refractivity (Wildman–Crippen MR) is 125 cm³/mol. The second-order valence-electron chi connectivity index (χ2n) is 7.82. The molecule has 1 aliphatic rings. The molecule has 0 spiro atoms. The van der Waals surface area contributed by atoms with E-state index in [9.17, 15) is 4.79 Å². The maximum Gasteiger partial charge on any atom is 0.229 e. The van der Waals surface area contributed by atoms with Gasteiger partial charge < -0.3 is 10.2 Å². The van der Waals surface area contributed by atoms with E-state index in [1.807, 2.05) is 61.5 Å². The zero-order chi connectivity index (χ0) is 21.2. The summed E-state index contributed by atoms with van der Waals surface area (Å²) in [5.41, 5.74) is 3.68. The molecule has 0 saturated carbocycles. The van der Waals surface area contributed by atoms with E-state index in [0.29, 0.717) is 6.54 Å². The number of nitrogens with one attached hydrogen (secondary N) is 1. The Morgan fingerprint density at radius 1 is 1.13 bits per heavy atom. The summed E-state index contributed by atoms with van der Waals surface area (Å²) in [6, 6.07) is 18.0. The molecule has 0 radical (unpaired) electrons. The number of amides is 1. The first-order valence-electron chi connectivity index (χ1n) is 10.5. The molecule has 3 heterocycles. The number of rotatable bonds is 4. The monoisotopic (exact) mass is 429 g/mol. The van der Waals surface area contributed by atoms with Crippen LogP contribution in [0.4, 0.5) is 11.5 Å². The number of carbonyl (C=O) groups excluding carboxylic acids is 1. The van der Waals surface area contributed by atoms with E-state index in [-0.39, 0.29) is 11.8 Å². The zero-order valence-corrected chi connectivity index (χ0v) is 18.1. The molecule has 0 aliphatic carbocycles. The van der Waals surface area contributed by atoms with Crippen LogP contribution in [0.5, 0.6) is 0 Å². The van der Waals surface area contributed by atoms with Crippen molar-refractivity contribution in [2.45, 2.75) is 19.8 Å². The Morgan fingerprint density at radius 2 is 2.00 bits per heavy atom. The summed E-state index contributed by atoms with van der Waals surface area (Å²) in [5, 5.41) is 4.12. The molecule has 0 bridgehead atoms. The van der Waals surface area contributed by atoms with Crippen molar-refractivity contribution in [2.75, 3.05) is 23.3 Å². The highest BCUT2D eigenvalue weighted by Gasteiger charge is 2.27. The van der Waals surface area contributed by atoms with Gasteiger partial charge in [0.1, 0.15) is 12.1 Å². The molecule has 1 unspecified atom stereocenters. The van der Waals surface area contributed by atoms with Crippen molar-refractivity contribution in [3.63, 3.8) is 0 Å². The van der Waals surface area contributed by atoms with Gasteiger partial charge in [0.05, 0.1) is 26.8 Å². The fourth-order valence-electron chi connectivity index (χ4n) is 4.05. The number of piperidine rings is 1. The minimum Gasteiger partial charge on any atom is -0.356 e. The van der Waals surface area contributed by atoms with Crippen LogP contribution in [0, 0.1) is 12.8 Å². The lowest BCUT2D eigenvalue weighted by Crippen LogP contribution is -2.41. The van der Waals surface area contributed by atoms with E-state index < -0.39 is 0 Å². The molecular weight excluding hydrogens is 406 g/mol. The molecule has 1 amide bonds. The molecule has 1 saturated heterocycles. The standard InChI is InChI=1S/C24H23N5OS/c1-16-27-21-12-19(9-10-22(21)31-16)28-24(30)18-8-5-11-29(14-18)23-13-20(25-15-26-23)17-6-3-2-4-7-17/h2-4,6-7,9-10,12-13,15,18H,5,8,11,14H2,1H3,(H,28,30). The molecule has 7 heteroatoms. The molecule has 2 aromatic carbocycles. The van der Waals surface area contributed by atoms with Gasteiger partial charge in [-0.2, -0.15) is 0 Å².